The molecule has 20 heavy (non-hydrogen) atoms. The fourth-order valence-electron chi connectivity index (χ4n) is 3.66. The molecule has 0 aliphatic carbocycles. The Morgan fingerprint density at radius 2 is 1.80 bits per heavy atom. The molecule has 3 heteroatoms. The minimum atomic E-state index is 0.318. The van der Waals surface area contributed by atoms with Gasteiger partial charge in [0.05, 0.1) is 0 Å². The Bertz CT molecular complexity index is 315. The predicted octanol–water partition coefficient (Wildman–Crippen LogP) is 2.90. The lowest BCUT2D eigenvalue weighted by Crippen LogP contribution is -2.67. The number of nitrogens with one attached hydrogen (secondary N) is 1. The predicted molar refractivity (Wildman–Crippen MR) is 85.0 cm³/mol. The fourth-order valence-corrected chi connectivity index (χ4v) is 3.66. The Morgan fingerprint density at radius 3 is 2.30 bits per heavy atom. The molecule has 2 aliphatic rings. The highest BCUT2D eigenvalue weighted by Gasteiger charge is 2.44. The highest BCUT2D eigenvalue weighted by Crippen LogP contribution is 2.35. The largest absolute Gasteiger partial charge is 0.381 e. The van der Waals surface area contributed by atoms with Gasteiger partial charge in [-0.15, -0.1) is 0 Å². The highest BCUT2D eigenvalue weighted by molar-refractivity contribution is 5.00. The zero-order valence-electron chi connectivity index (χ0n) is 14.3. The molecule has 0 amide bonds. The summed E-state index contributed by atoms with van der Waals surface area (Å²) >= 11 is 0. The van der Waals surface area contributed by atoms with Crippen LogP contribution in [0, 0.1) is 11.3 Å². The van der Waals surface area contributed by atoms with E-state index in [1.807, 2.05) is 0 Å². The maximum atomic E-state index is 5.60. The first-order chi connectivity index (χ1) is 9.24. The molecule has 2 unspecified atom stereocenters. The molecule has 3 nitrogen and oxygen atoms in total. The number of piperazine rings is 1. The van der Waals surface area contributed by atoms with Crippen molar-refractivity contribution in [3.8, 4) is 0 Å². The molecule has 2 rings (SSSR count). The van der Waals surface area contributed by atoms with E-state index in [1.165, 1.54) is 19.4 Å². The first kappa shape index (κ1) is 16.3. The molecule has 0 spiro atoms. The Labute approximate surface area is 125 Å². The Hall–Kier alpha value is -0.120. The monoisotopic (exact) mass is 282 g/mol. The lowest BCUT2D eigenvalue weighted by atomic mass is 9.79. The van der Waals surface area contributed by atoms with E-state index in [0.29, 0.717) is 29.0 Å². The maximum absolute atomic E-state index is 5.60. The Kier molecular flexibility index (Phi) is 4.83. The highest BCUT2D eigenvalue weighted by atomic mass is 16.5. The molecule has 0 radical (unpaired) electrons. The van der Waals surface area contributed by atoms with E-state index in [4.69, 9.17) is 4.74 Å². The maximum Gasteiger partial charge on any atom is 0.0483 e. The number of hydrogen-bond donors (Lipinski definition) is 1. The van der Waals surface area contributed by atoms with Crippen LogP contribution in [0.3, 0.4) is 0 Å². The molecule has 118 valence electrons. The van der Waals surface area contributed by atoms with E-state index >= 15 is 0 Å². The first-order valence-electron chi connectivity index (χ1n) is 8.32. The molecule has 2 aliphatic heterocycles. The van der Waals surface area contributed by atoms with Crippen molar-refractivity contribution in [3.63, 3.8) is 0 Å². The summed E-state index contributed by atoms with van der Waals surface area (Å²) in [4.78, 5) is 2.81. The minimum Gasteiger partial charge on any atom is -0.381 e. The second-order valence-electron chi connectivity index (χ2n) is 8.40. The molecule has 2 saturated heterocycles. The van der Waals surface area contributed by atoms with Gasteiger partial charge in [0.25, 0.3) is 0 Å². The number of hydrogen-bond acceptors (Lipinski definition) is 3. The van der Waals surface area contributed by atoms with Gasteiger partial charge < -0.3 is 10.1 Å². The molecule has 0 aromatic heterocycles. The van der Waals surface area contributed by atoms with Gasteiger partial charge in [0.15, 0.2) is 0 Å². The standard InChI is InChI=1S/C17H34N2O/c1-13(2)14-11-18-15(16(3,4)5)12-19(14)17(6)7-9-20-10-8-17/h13-15,18H,7-12H2,1-6H3. The molecule has 0 bridgehead atoms. The van der Waals surface area contributed by atoms with E-state index in [1.54, 1.807) is 0 Å². The van der Waals surface area contributed by atoms with Crippen molar-refractivity contribution >= 4 is 0 Å². The SMILES string of the molecule is CC(C)C1CNC(C(C)(C)C)CN1C1(C)CCOCC1. The third-order valence-corrected chi connectivity index (χ3v) is 5.43. The molecule has 2 fully saturated rings. The van der Waals surface area contributed by atoms with Gasteiger partial charge in [-0.25, -0.2) is 0 Å². The average Bonchev–Trinajstić information content (AvgIpc) is 2.38. The van der Waals surface area contributed by atoms with E-state index in [2.05, 4.69) is 51.8 Å². The van der Waals surface area contributed by atoms with Crippen LogP contribution in [0.25, 0.3) is 0 Å². The van der Waals surface area contributed by atoms with Crippen LogP contribution in [0.4, 0.5) is 0 Å². The van der Waals surface area contributed by atoms with Gasteiger partial charge in [0.2, 0.25) is 0 Å². The van der Waals surface area contributed by atoms with Crippen molar-refractivity contribution < 1.29 is 4.74 Å². The summed E-state index contributed by atoms with van der Waals surface area (Å²) < 4.78 is 5.60. The summed E-state index contributed by atoms with van der Waals surface area (Å²) in [6.07, 6.45) is 2.35. The summed E-state index contributed by atoms with van der Waals surface area (Å²) in [6.45, 7) is 18.4. The van der Waals surface area contributed by atoms with Crippen molar-refractivity contribution in [2.75, 3.05) is 26.3 Å². The second-order valence-corrected chi connectivity index (χ2v) is 8.40. The van der Waals surface area contributed by atoms with Gasteiger partial charge in [-0.3, -0.25) is 4.90 Å². The van der Waals surface area contributed by atoms with E-state index in [-0.39, 0.29) is 0 Å². The molecule has 2 heterocycles. The zero-order chi connectivity index (χ0) is 15.0. The third-order valence-electron chi connectivity index (χ3n) is 5.43. The van der Waals surface area contributed by atoms with E-state index in [0.717, 1.165) is 19.8 Å². The summed E-state index contributed by atoms with van der Waals surface area (Å²) in [7, 11) is 0. The van der Waals surface area contributed by atoms with E-state index < -0.39 is 0 Å². The number of ether oxygens (including phenoxy) is 1. The van der Waals surface area contributed by atoms with Gasteiger partial charge >= 0.3 is 0 Å². The smallest absolute Gasteiger partial charge is 0.0483 e. The molecular formula is C17H34N2O. The van der Waals surface area contributed by atoms with Crippen LogP contribution < -0.4 is 5.32 Å². The van der Waals surface area contributed by atoms with Crippen molar-refractivity contribution in [1.29, 1.82) is 0 Å². The van der Waals surface area contributed by atoms with Gasteiger partial charge in [0, 0.05) is 43.9 Å². The lowest BCUT2D eigenvalue weighted by molar-refractivity contribution is -0.0714. The van der Waals surface area contributed by atoms with Gasteiger partial charge in [-0.2, -0.15) is 0 Å². The van der Waals surface area contributed by atoms with E-state index in [9.17, 15) is 0 Å². The lowest BCUT2D eigenvalue weighted by Gasteiger charge is -2.55. The van der Waals surface area contributed by atoms with Crippen LogP contribution in [-0.2, 0) is 4.74 Å². The molecule has 0 saturated carbocycles. The topological polar surface area (TPSA) is 24.5 Å². The van der Waals surface area contributed by atoms with Crippen molar-refractivity contribution in [2.24, 2.45) is 11.3 Å². The number of nitrogens with zero attached hydrogens (tertiary/aromatic N) is 1. The van der Waals surface area contributed by atoms with Gasteiger partial charge in [0.1, 0.15) is 0 Å². The summed E-state index contributed by atoms with van der Waals surface area (Å²) in [5, 5.41) is 3.80. The quantitative estimate of drug-likeness (QED) is 0.843. The average molecular weight is 282 g/mol. The van der Waals surface area contributed by atoms with Crippen molar-refractivity contribution in [1.82, 2.24) is 10.2 Å². The van der Waals surface area contributed by atoms with Gasteiger partial charge in [-0.05, 0) is 31.1 Å². The van der Waals surface area contributed by atoms with Crippen LogP contribution in [-0.4, -0.2) is 48.8 Å². The van der Waals surface area contributed by atoms with Gasteiger partial charge in [-0.1, -0.05) is 34.6 Å². The molecule has 1 N–H and O–H groups in total. The first-order valence-corrected chi connectivity index (χ1v) is 8.32. The van der Waals surface area contributed by atoms with Crippen LogP contribution in [0.1, 0.15) is 54.4 Å². The third kappa shape index (κ3) is 3.37. The normalized spacial score (nSPS) is 32.5. The fraction of sp³-hybridized carbons (Fsp3) is 1.00. The van der Waals surface area contributed by atoms with Crippen LogP contribution in [0.2, 0.25) is 0 Å². The summed E-state index contributed by atoms with van der Waals surface area (Å²) in [6, 6.07) is 1.23. The van der Waals surface area contributed by atoms with Crippen molar-refractivity contribution in [3.05, 3.63) is 0 Å². The minimum absolute atomic E-state index is 0.318. The number of rotatable bonds is 2. The molecular weight excluding hydrogens is 248 g/mol. The van der Waals surface area contributed by atoms with Crippen LogP contribution in [0.15, 0.2) is 0 Å². The molecule has 0 aromatic carbocycles. The Balaban J connectivity index is 2.18. The summed E-state index contributed by atoms with van der Waals surface area (Å²) in [5.41, 5.74) is 0.639. The van der Waals surface area contributed by atoms with Crippen LogP contribution in [0.5, 0.6) is 0 Å². The Morgan fingerprint density at radius 1 is 1.20 bits per heavy atom. The van der Waals surface area contributed by atoms with Crippen molar-refractivity contribution in [2.45, 2.75) is 72.0 Å². The second kappa shape index (κ2) is 5.94. The summed E-state index contributed by atoms with van der Waals surface area (Å²) in [5.74, 6) is 0.697. The molecule has 0 aromatic rings. The molecule has 2 atom stereocenters. The van der Waals surface area contributed by atoms with Crippen LogP contribution >= 0.6 is 0 Å². The zero-order valence-corrected chi connectivity index (χ0v) is 14.3.